The molecular weight excluding hydrogens is 409 g/mol. The minimum absolute atomic E-state index is 0.0143. The highest BCUT2D eigenvalue weighted by molar-refractivity contribution is 7.90. The molecule has 0 fully saturated rings. The summed E-state index contributed by atoms with van der Waals surface area (Å²) in [5.41, 5.74) is 1.71. The summed E-state index contributed by atoms with van der Waals surface area (Å²) in [7, 11) is -2.34. The van der Waals surface area contributed by atoms with Crippen molar-refractivity contribution >= 4 is 21.6 Å². The molecule has 3 rings (SSSR count). The number of hydrogen-bond donors (Lipinski definition) is 2. The van der Waals surface area contributed by atoms with Crippen molar-refractivity contribution in [1.29, 1.82) is 0 Å². The molecule has 0 atom stereocenters. The quantitative estimate of drug-likeness (QED) is 0.599. The number of amides is 2. The van der Waals surface area contributed by atoms with E-state index < -0.39 is 21.7 Å². The van der Waals surface area contributed by atoms with Gasteiger partial charge < -0.3 is 15.4 Å². The number of benzene rings is 2. The zero-order chi connectivity index (χ0) is 21.6. The van der Waals surface area contributed by atoms with Crippen LogP contribution < -0.4 is 15.4 Å². The molecule has 1 heterocycles. The van der Waals surface area contributed by atoms with Gasteiger partial charge in [-0.15, -0.1) is 0 Å². The van der Waals surface area contributed by atoms with Crippen molar-refractivity contribution in [3.8, 4) is 5.75 Å². The molecule has 0 saturated heterocycles. The zero-order valence-corrected chi connectivity index (χ0v) is 16.9. The molecule has 0 spiro atoms. The van der Waals surface area contributed by atoms with Gasteiger partial charge >= 0.3 is 6.03 Å². The second-order valence-electron chi connectivity index (χ2n) is 6.42. The van der Waals surface area contributed by atoms with Crippen molar-refractivity contribution in [3.63, 3.8) is 0 Å². The molecule has 0 unspecified atom stereocenters. The number of urea groups is 1. The molecule has 1 aromatic heterocycles. The number of carbonyl (C=O) groups excluding carboxylic acids is 1. The van der Waals surface area contributed by atoms with E-state index in [1.54, 1.807) is 18.5 Å². The van der Waals surface area contributed by atoms with Crippen LogP contribution in [0.5, 0.6) is 5.75 Å². The van der Waals surface area contributed by atoms with Gasteiger partial charge in [-0.25, -0.2) is 17.6 Å². The van der Waals surface area contributed by atoms with Crippen LogP contribution in [-0.2, 0) is 22.1 Å². The zero-order valence-electron chi connectivity index (χ0n) is 16.1. The molecule has 0 aliphatic carbocycles. The number of sulfone groups is 1. The second kappa shape index (κ2) is 9.36. The molecule has 2 aromatic carbocycles. The number of rotatable bonds is 7. The topological polar surface area (TPSA) is 97.4 Å². The van der Waals surface area contributed by atoms with E-state index in [2.05, 4.69) is 15.6 Å². The number of nitrogens with zero attached hydrogens (tertiary/aromatic N) is 1. The number of anilines is 1. The summed E-state index contributed by atoms with van der Waals surface area (Å²) in [5, 5.41) is 5.33. The number of aromatic nitrogens is 1. The summed E-state index contributed by atoms with van der Waals surface area (Å²) in [5.74, 6) is -0.877. The first-order chi connectivity index (χ1) is 14.4. The van der Waals surface area contributed by atoms with Gasteiger partial charge in [0.15, 0.2) is 21.4 Å². The Hall–Kier alpha value is -3.46. The van der Waals surface area contributed by atoms with Gasteiger partial charge in [-0.2, -0.15) is 0 Å². The maximum absolute atomic E-state index is 13.5. The second-order valence-corrected chi connectivity index (χ2v) is 8.41. The molecule has 0 radical (unpaired) electrons. The Morgan fingerprint density at radius 3 is 2.53 bits per heavy atom. The van der Waals surface area contributed by atoms with E-state index in [0.29, 0.717) is 17.8 Å². The number of carbonyl (C=O) groups is 1. The van der Waals surface area contributed by atoms with Crippen LogP contribution in [0.15, 0.2) is 71.9 Å². The van der Waals surface area contributed by atoms with E-state index in [9.17, 15) is 17.6 Å². The van der Waals surface area contributed by atoms with Crippen LogP contribution in [0.2, 0.25) is 0 Å². The maximum atomic E-state index is 13.5. The van der Waals surface area contributed by atoms with Crippen LogP contribution in [0.1, 0.15) is 11.1 Å². The van der Waals surface area contributed by atoms with Crippen molar-refractivity contribution in [1.82, 2.24) is 10.3 Å². The fraction of sp³-hybridized carbons (Fsp3) is 0.143. The number of ether oxygens (including phenoxy) is 1. The molecule has 2 amide bonds. The van der Waals surface area contributed by atoms with Gasteiger partial charge in [0.2, 0.25) is 0 Å². The summed E-state index contributed by atoms with van der Waals surface area (Å²) in [6.45, 7) is 0.313. The van der Waals surface area contributed by atoms with Gasteiger partial charge in [0.25, 0.3) is 0 Å². The highest BCUT2D eigenvalue weighted by atomic mass is 32.2. The Morgan fingerprint density at radius 2 is 1.87 bits per heavy atom. The van der Waals surface area contributed by atoms with E-state index in [0.717, 1.165) is 5.56 Å². The minimum atomic E-state index is -3.66. The lowest BCUT2D eigenvalue weighted by Gasteiger charge is -2.10. The van der Waals surface area contributed by atoms with Gasteiger partial charge in [0, 0.05) is 24.6 Å². The van der Waals surface area contributed by atoms with Crippen molar-refractivity contribution in [2.75, 3.05) is 12.4 Å². The first-order valence-electron chi connectivity index (χ1n) is 8.96. The fourth-order valence-electron chi connectivity index (χ4n) is 2.70. The first kappa shape index (κ1) is 21.3. The summed E-state index contributed by atoms with van der Waals surface area (Å²) in [6, 6.07) is 12.9. The lowest BCUT2D eigenvalue weighted by atomic mass is 10.2. The summed E-state index contributed by atoms with van der Waals surface area (Å²) in [4.78, 5) is 16.1. The standard InChI is InChI=1S/C21H20FN3O4S/c1-29-20-11-15(4-9-19(20)22)14-30(27,28)18-7-5-17(6-8-18)25-21(26)24-13-16-3-2-10-23-12-16/h2-12H,13-14H2,1H3,(H2,24,25,26). The van der Waals surface area contributed by atoms with Gasteiger partial charge in [0.1, 0.15) is 0 Å². The predicted molar refractivity (Wildman–Crippen MR) is 110 cm³/mol. The molecule has 2 N–H and O–H groups in total. The minimum Gasteiger partial charge on any atom is -0.494 e. The first-order valence-corrected chi connectivity index (χ1v) is 10.6. The Bertz CT molecular complexity index is 1120. The Morgan fingerprint density at radius 1 is 1.10 bits per heavy atom. The lowest BCUT2D eigenvalue weighted by Crippen LogP contribution is -2.28. The third-order valence-electron chi connectivity index (χ3n) is 4.22. The number of pyridine rings is 1. The fourth-order valence-corrected chi connectivity index (χ4v) is 4.04. The lowest BCUT2D eigenvalue weighted by molar-refractivity contribution is 0.251. The maximum Gasteiger partial charge on any atom is 0.319 e. The smallest absolute Gasteiger partial charge is 0.319 e. The molecule has 0 aliphatic heterocycles. The normalized spacial score (nSPS) is 11.0. The SMILES string of the molecule is COc1cc(CS(=O)(=O)c2ccc(NC(=O)NCc3cccnc3)cc2)ccc1F. The summed E-state index contributed by atoms with van der Waals surface area (Å²) >= 11 is 0. The molecule has 3 aromatic rings. The molecule has 0 aliphatic rings. The molecule has 0 bridgehead atoms. The van der Waals surface area contributed by atoms with Gasteiger partial charge in [-0.3, -0.25) is 4.98 Å². The van der Waals surface area contributed by atoms with Crippen LogP contribution in [0.25, 0.3) is 0 Å². The van der Waals surface area contributed by atoms with Crippen molar-refractivity contribution in [3.05, 3.63) is 83.9 Å². The molecule has 0 saturated carbocycles. The Kier molecular flexibility index (Phi) is 6.63. The largest absolute Gasteiger partial charge is 0.494 e. The molecular formula is C21H20FN3O4S. The number of hydrogen-bond acceptors (Lipinski definition) is 5. The van der Waals surface area contributed by atoms with E-state index in [1.165, 1.54) is 49.6 Å². The highest BCUT2D eigenvalue weighted by Crippen LogP contribution is 2.23. The van der Waals surface area contributed by atoms with Crippen molar-refractivity contribution in [2.24, 2.45) is 0 Å². The average molecular weight is 429 g/mol. The van der Waals surface area contributed by atoms with Gasteiger partial charge in [-0.05, 0) is 53.6 Å². The Balaban J connectivity index is 1.62. The molecule has 7 nitrogen and oxygen atoms in total. The number of methoxy groups -OCH3 is 1. The van der Waals surface area contributed by atoms with E-state index in [4.69, 9.17) is 4.74 Å². The molecule has 9 heteroatoms. The van der Waals surface area contributed by atoms with Gasteiger partial charge in [0.05, 0.1) is 17.8 Å². The van der Waals surface area contributed by atoms with Gasteiger partial charge in [-0.1, -0.05) is 12.1 Å². The summed E-state index contributed by atoms with van der Waals surface area (Å²) in [6.07, 6.45) is 3.29. The number of halogens is 1. The monoisotopic (exact) mass is 429 g/mol. The third-order valence-corrected chi connectivity index (χ3v) is 5.92. The van der Waals surface area contributed by atoms with Crippen LogP contribution in [0.4, 0.5) is 14.9 Å². The van der Waals surface area contributed by atoms with Crippen LogP contribution in [-0.4, -0.2) is 26.5 Å². The molecule has 30 heavy (non-hydrogen) atoms. The van der Waals surface area contributed by atoms with Crippen molar-refractivity contribution < 1.29 is 22.3 Å². The predicted octanol–water partition coefficient (Wildman–Crippen LogP) is 3.52. The van der Waals surface area contributed by atoms with Crippen LogP contribution in [0.3, 0.4) is 0 Å². The van der Waals surface area contributed by atoms with Crippen LogP contribution >= 0.6 is 0 Å². The van der Waals surface area contributed by atoms with E-state index in [-0.39, 0.29) is 16.4 Å². The van der Waals surface area contributed by atoms with Crippen LogP contribution in [0, 0.1) is 5.82 Å². The number of nitrogens with one attached hydrogen (secondary N) is 2. The average Bonchev–Trinajstić information content (AvgIpc) is 2.74. The van der Waals surface area contributed by atoms with Crippen molar-refractivity contribution in [2.45, 2.75) is 17.2 Å². The van der Waals surface area contributed by atoms with E-state index >= 15 is 0 Å². The summed E-state index contributed by atoms with van der Waals surface area (Å²) < 4.78 is 43.7. The highest BCUT2D eigenvalue weighted by Gasteiger charge is 2.17. The third kappa shape index (κ3) is 5.54. The Labute approximate surface area is 173 Å². The van der Waals surface area contributed by atoms with E-state index in [1.807, 2.05) is 6.07 Å². The molecule has 156 valence electrons.